The molecule has 5 rings (SSSR count). The van der Waals surface area contributed by atoms with Crippen LogP contribution in [0.1, 0.15) is 45.5 Å². The highest BCUT2D eigenvalue weighted by Crippen LogP contribution is 2.34. The minimum absolute atomic E-state index is 0.0556. The molecule has 0 bridgehead atoms. The average Bonchev–Trinajstić information content (AvgIpc) is 3.45. The summed E-state index contributed by atoms with van der Waals surface area (Å²) in [7, 11) is 0. The van der Waals surface area contributed by atoms with Crippen molar-refractivity contribution in [1.82, 2.24) is 14.5 Å². The lowest BCUT2D eigenvalue weighted by Gasteiger charge is -2.17. The molecule has 0 radical (unpaired) electrons. The Labute approximate surface area is 260 Å². The van der Waals surface area contributed by atoms with Crippen LogP contribution in [0.4, 0.5) is 0 Å². The van der Waals surface area contributed by atoms with Crippen molar-refractivity contribution in [1.29, 1.82) is 5.26 Å². The van der Waals surface area contributed by atoms with E-state index in [0.717, 1.165) is 42.6 Å². The van der Waals surface area contributed by atoms with E-state index in [1.54, 1.807) is 22.9 Å². The SMILES string of the molecule is Cc1c(COc2cc(OCc3cncc(C#N)c3)c(C=O)cc2Cl)cccc1-c1cccn(CCCN2CC[C@@H](O)C2)c1=O. The molecule has 1 N–H and O–H groups in total. The first-order chi connectivity index (χ1) is 21.4. The largest absolute Gasteiger partial charge is 0.488 e. The Balaban J connectivity index is 1.29. The number of aliphatic hydroxyl groups is 1. The van der Waals surface area contributed by atoms with Crippen molar-refractivity contribution in [2.75, 3.05) is 19.6 Å². The summed E-state index contributed by atoms with van der Waals surface area (Å²) in [5.74, 6) is 0.631. The molecule has 1 aliphatic heterocycles. The average molecular weight is 613 g/mol. The van der Waals surface area contributed by atoms with Crippen LogP contribution in [0.5, 0.6) is 11.5 Å². The van der Waals surface area contributed by atoms with Gasteiger partial charge in [-0.3, -0.25) is 14.6 Å². The standard InChI is InChI=1S/C34H33ClN4O5/c1-23-26(5-2-6-29(23)30-7-3-10-39(34(30)42)11-4-9-38-12-8-28(41)19-38)22-44-33-15-32(27(20-40)14-31(33)35)43-21-25-13-24(16-36)17-37-18-25/h2-3,5-7,10,13-15,17-18,20,28,41H,4,8-9,11-12,19,21-22H2,1H3/t28-/m1/s1. The number of likely N-dealkylation sites (tertiary alicyclic amines) is 1. The summed E-state index contributed by atoms with van der Waals surface area (Å²) in [5, 5.41) is 19.1. The molecular formula is C34H33ClN4O5. The number of carbonyl (C=O) groups is 1. The van der Waals surface area contributed by atoms with Crippen LogP contribution in [0, 0.1) is 18.3 Å². The molecule has 0 aliphatic carbocycles. The molecule has 1 aliphatic rings. The Bertz CT molecular complexity index is 1750. The normalized spacial score (nSPS) is 14.7. The molecule has 1 atom stereocenters. The number of aromatic nitrogens is 2. The van der Waals surface area contributed by atoms with E-state index in [1.807, 2.05) is 49.5 Å². The van der Waals surface area contributed by atoms with Gasteiger partial charge in [0.2, 0.25) is 0 Å². The number of rotatable bonds is 12. The second-order valence-corrected chi connectivity index (χ2v) is 11.2. The minimum atomic E-state index is -0.251. The molecule has 10 heteroatoms. The van der Waals surface area contributed by atoms with Gasteiger partial charge in [-0.15, -0.1) is 0 Å². The fourth-order valence-electron chi connectivity index (χ4n) is 5.35. The van der Waals surface area contributed by atoms with E-state index >= 15 is 0 Å². The number of aryl methyl sites for hydroxylation is 1. The van der Waals surface area contributed by atoms with E-state index < -0.39 is 0 Å². The van der Waals surface area contributed by atoms with Crippen LogP contribution in [-0.4, -0.2) is 51.6 Å². The zero-order chi connectivity index (χ0) is 31.1. The minimum Gasteiger partial charge on any atom is -0.488 e. The first-order valence-electron chi connectivity index (χ1n) is 14.4. The highest BCUT2D eigenvalue weighted by molar-refractivity contribution is 6.32. The number of halogens is 1. The molecule has 44 heavy (non-hydrogen) atoms. The number of aldehydes is 1. The van der Waals surface area contributed by atoms with Crippen molar-refractivity contribution in [2.45, 2.75) is 45.6 Å². The number of ether oxygens (including phenoxy) is 2. The Morgan fingerprint density at radius 2 is 1.91 bits per heavy atom. The van der Waals surface area contributed by atoms with Gasteiger partial charge in [-0.2, -0.15) is 5.26 Å². The second-order valence-electron chi connectivity index (χ2n) is 10.8. The lowest BCUT2D eigenvalue weighted by atomic mass is 9.97. The number of β-amino-alcohol motifs (C(OH)–C–C–N with tert-alkyl or cyclic N) is 1. The predicted molar refractivity (Wildman–Crippen MR) is 167 cm³/mol. The van der Waals surface area contributed by atoms with Gasteiger partial charge in [0.15, 0.2) is 6.29 Å². The maximum absolute atomic E-state index is 13.4. The third-order valence-corrected chi connectivity index (χ3v) is 8.07. The second kappa shape index (κ2) is 14.3. The van der Waals surface area contributed by atoms with Gasteiger partial charge < -0.3 is 24.0 Å². The number of nitrogens with zero attached hydrogens (tertiary/aromatic N) is 4. The van der Waals surface area contributed by atoms with E-state index in [2.05, 4.69) is 9.88 Å². The number of hydrogen-bond donors (Lipinski definition) is 1. The van der Waals surface area contributed by atoms with Crippen molar-refractivity contribution in [3.8, 4) is 28.7 Å². The van der Waals surface area contributed by atoms with Crippen LogP contribution in [-0.2, 0) is 19.8 Å². The van der Waals surface area contributed by atoms with E-state index in [1.165, 1.54) is 12.3 Å². The third kappa shape index (κ3) is 7.34. The van der Waals surface area contributed by atoms with Gasteiger partial charge in [0, 0.05) is 55.4 Å². The van der Waals surface area contributed by atoms with Gasteiger partial charge in [-0.25, -0.2) is 0 Å². The third-order valence-electron chi connectivity index (χ3n) is 7.77. The Morgan fingerprint density at radius 3 is 2.68 bits per heavy atom. The maximum atomic E-state index is 13.4. The highest BCUT2D eigenvalue weighted by atomic mass is 35.5. The topological polar surface area (TPSA) is 118 Å². The van der Waals surface area contributed by atoms with Crippen molar-refractivity contribution in [2.24, 2.45) is 0 Å². The zero-order valence-electron chi connectivity index (χ0n) is 24.4. The lowest BCUT2D eigenvalue weighted by molar-refractivity contribution is 0.111. The molecular weight excluding hydrogens is 580 g/mol. The molecule has 2 aromatic carbocycles. The van der Waals surface area contributed by atoms with Gasteiger partial charge in [0.25, 0.3) is 5.56 Å². The Kier molecular flexibility index (Phi) is 10.1. The molecule has 0 saturated carbocycles. The fourth-order valence-corrected chi connectivity index (χ4v) is 5.58. The number of aliphatic hydroxyl groups excluding tert-OH is 1. The molecule has 4 aromatic rings. The van der Waals surface area contributed by atoms with Crippen molar-refractivity contribution in [3.63, 3.8) is 0 Å². The molecule has 3 heterocycles. The van der Waals surface area contributed by atoms with Crippen molar-refractivity contribution in [3.05, 3.63) is 110 Å². The van der Waals surface area contributed by atoms with Crippen LogP contribution in [0.2, 0.25) is 5.02 Å². The summed E-state index contributed by atoms with van der Waals surface area (Å²) in [6.45, 7) is 5.26. The van der Waals surface area contributed by atoms with Crippen LogP contribution < -0.4 is 15.0 Å². The van der Waals surface area contributed by atoms with E-state index in [9.17, 15) is 14.7 Å². The maximum Gasteiger partial charge on any atom is 0.258 e. The summed E-state index contributed by atoms with van der Waals surface area (Å²) in [5.41, 5.74) is 4.53. The summed E-state index contributed by atoms with van der Waals surface area (Å²) >= 11 is 6.45. The number of pyridine rings is 2. The molecule has 1 fully saturated rings. The quantitative estimate of drug-likeness (QED) is 0.218. The summed E-state index contributed by atoms with van der Waals surface area (Å²) in [6, 6.07) is 16.3. The van der Waals surface area contributed by atoms with Crippen LogP contribution in [0.15, 0.2) is 71.9 Å². The molecule has 0 unspecified atom stereocenters. The molecule has 9 nitrogen and oxygen atoms in total. The first-order valence-corrected chi connectivity index (χ1v) is 14.8. The van der Waals surface area contributed by atoms with Crippen LogP contribution >= 0.6 is 11.6 Å². The molecule has 0 spiro atoms. The van der Waals surface area contributed by atoms with Gasteiger partial charge in [0.05, 0.1) is 22.3 Å². The van der Waals surface area contributed by atoms with Crippen molar-refractivity contribution >= 4 is 17.9 Å². The molecule has 0 amide bonds. The molecule has 1 saturated heterocycles. The number of carbonyl (C=O) groups excluding carboxylic acids is 1. The highest BCUT2D eigenvalue weighted by Gasteiger charge is 2.19. The van der Waals surface area contributed by atoms with Gasteiger partial charge in [-0.1, -0.05) is 29.8 Å². The monoisotopic (exact) mass is 612 g/mol. The van der Waals surface area contributed by atoms with E-state index in [-0.39, 0.29) is 41.2 Å². The number of benzene rings is 2. The summed E-state index contributed by atoms with van der Waals surface area (Å²) < 4.78 is 13.7. The van der Waals surface area contributed by atoms with Gasteiger partial charge in [-0.05, 0) is 67.3 Å². The number of nitriles is 1. The molecule has 226 valence electrons. The van der Waals surface area contributed by atoms with Gasteiger partial charge >= 0.3 is 0 Å². The summed E-state index contributed by atoms with van der Waals surface area (Å²) in [6.07, 6.45) is 6.90. The fraction of sp³-hybridized carbons (Fsp3) is 0.294. The Morgan fingerprint density at radius 1 is 1.09 bits per heavy atom. The first kappa shape index (κ1) is 31.0. The van der Waals surface area contributed by atoms with Crippen molar-refractivity contribution < 1.29 is 19.4 Å². The lowest BCUT2D eigenvalue weighted by Crippen LogP contribution is -2.26. The zero-order valence-corrected chi connectivity index (χ0v) is 25.2. The predicted octanol–water partition coefficient (Wildman–Crippen LogP) is 5.17. The smallest absolute Gasteiger partial charge is 0.258 e. The van der Waals surface area contributed by atoms with Gasteiger partial charge in [0.1, 0.15) is 30.8 Å². The van der Waals surface area contributed by atoms with E-state index in [0.29, 0.717) is 41.8 Å². The Hall–Kier alpha value is -4.49. The molecule has 2 aromatic heterocycles. The van der Waals surface area contributed by atoms with E-state index in [4.69, 9.17) is 26.3 Å². The van der Waals surface area contributed by atoms with Crippen LogP contribution in [0.3, 0.4) is 0 Å². The number of hydrogen-bond acceptors (Lipinski definition) is 8. The van der Waals surface area contributed by atoms with Crippen LogP contribution in [0.25, 0.3) is 11.1 Å². The summed E-state index contributed by atoms with van der Waals surface area (Å²) in [4.78, 5) is 31.4.